The lowest BCUT2D eigenvalue weighted by Crippen LogP contribution is -2.43. The first-order valence-corrected chi connectivity index (χ1v) is 8.67. The van der Waals surface area contributed by atoms with E-state index >= 15 is 0 Å². The monoisotopic (exact) mass is 336 g/mol. The highest BCUT2D eigenvalue weighted by molar-refractivity contribution is 5.89. The molecule has 6 heteroatoms. The lowest BCUT2D eigenvalue weighted by Gasteiger charge is -2.32. The molecule has 1 atom stereocenters. The van der Waals surface area contributed by atoms with E-state index in [1.165, 1.54) is 6.07 Å². The Morgan fingerprint density at radius 2 is 2.17 bits per heavy atom. The van der Waals surface area contributed by atoms with E-state index in [1.807, 2.05) is 0 Å². The van der Waals surface area contributed by atoms with Gasteiger partial charge in [-0.25, -0.2) is 9.18 Å². The minimum atomic E-state index is -0.435. The molecule has 1 aromatic carbocycles. The van der Waals surface area contributed by atoms with Gasteiger partial charge >= 0.3 is 6.03 Å². The zero-order valence-electron chi connectivity index (χ0n) is 14.1. The second kappa shape index (κ2) is 7.83. The maximum atomic E-state index is 14.1. The quantitative estimate of drug-likeness (QED) is 0.893. The van der Waals surface area contributed by atoms with E-state index in [4.69, 9.17) is 9.47 Å². The number of urea groups is 1. The van der Waals surface area contributed by atoms with Gasteiger partial charge in [-0.15, -0.1) is 0 Å². The summed E-state index contributed by atoms with van der Waals surface area (Å²) in [6.07, 6.45) is 5.26. The Labute approximate surface area is 142 Å². The molecule has 3 rings (SSSR count). The van der Waals surface area contributed by atoms with Crippen molar-refractivity contribution in [1.29, 1.82) is 0 Å². The molecular weight excluding hydrogens is 311 g/mol. The number of anilines is 1. The van der Waals surface area contributed by atoms with Crippen LogP contribution in [-0.2, 0) is 4.74 Å². The van der Waals surface area contributed by atoms with Crippen LogP contribution in [-0.4, -0.2) is 43.8 Å². The number of likely N-dealkylation sites (tertiary alicyclic amines) is 1. The Kier molecular flexibility index (Phi) is 5.56. The number of hydrogen-bond acceptors (Lipinski definition) is 3. The second-order valence-corrected chi connectivity index (χ2v) is 6.66. The van der Waals surface area contributed by atoms with Crippen LogP contribution in [0.3, 0.4) is 0 Å². The number of benzene rings is 1. The predicted octanol–water partition coefficient (Wildman–Crippen LogP) is 3.65. The number of methoxy groups -OCH3 is 1. The number of piperidine rings is 1. The summed E-state index contributed by atoms with van der Waals surface area (Å²) in [5.74, 6) is 0.191. The fourth-order valence-electron chi connectivity index (χ4n) is 3.17. The van der Waals surface area contributed by atoms with Crippen molar-refractivity contribution in [2.24, 2.45) is 5.92 Å². The lowest BCUT2D eigenvalue weighted by atomic mass is 9.96. The summed E-state index contributed by atoms with van der Waals surface area (Å²) >= 11 is 0. The molecule has 132 valence electrons. The molecule has 1 heterocycles. The zero-order chi connectivity index (χ0) is 16.9. The van der Waals surface area contributed by atoms with Crippen molar-refractivity contribution in [3.05, 3.63) is 24.0 Å². The Bertz CT molecular complexity index is 575. The van der Waals surface area contributed by atoms with Gasteiger partial charge in [0.2, 0.25) is 0 Å². The van der Waals surface area contributed by atoms with E-state index in [-0.39, 0.29) is 17.9 Å². The number of nitrogens with one attached hydrogen (secondary N) is 1. The first kappa shape index (κ1) is 17.0. The number of amides is 2. The fourth-order valence-corrected chi connectivity index (χ4v) is 3.17. The van der Waals surface area contributed by atoms with Crippen LogP contribution in [0, 0.1) is 11.7 Å². The Morgan fingerprint density at radius 3 is 2.83 bits per heavy atom. The summed E-state index contributed by atoms with van der Waals surface area (Å²) in [6.45, 7) is 2.05. The number of rotatable bonds is 5. The number of carbonyl (C=O) groups is 1. The van der Waals surface area contributed by atoms with Gasteiger partial charge in [0, 0.05) is 37.9 Å². The molecule has 0 radical (unpaired) electrons. The molecule has 0 spiro atoms. The summed E-state index contributed by atoms with van der Waals surface area (Å²) in [7, 11) is 1.68. The third-order valence-electron chi connectivity index (χ3n) is 4.74. The molecular formula is C18H25FN2O3. The van der Waals surface area contributed by atoms with Crippen molar-refractivity contribution in [3.8, 4) is 5.75 Å². The Hall–Kier alpha value is -1.82. The molecule has 1 aromatic rings. The van der Waals surface area contributed by atoms with Crippen molar-refractivity contribution in [3.63, 3.8) is 0 Å². The highest BCUT2D eigenvalue weighted by atomic mass is 19.1. The van der Waals surface area contributed by atoms with E-state index in [9.17, 15) is 9.18 Å². The average molecular weight is 336 g/mol. The molecule has 0 aromatic heterocycles. The SMILES string of the molecule is COC[C@H]1CCCN(C(=O)Nc2ccc(OC3CCC3)c(F)c2)C1. The molecule has 0 bridgehead atoms. The van der Waals surface area contributed by atoms with Crippen molar-refractivity contribution in [2.45, 2.75) is 38.2 Å². The zero-order valence-corrected chi connectivity index (χ0v) is 14.1. The molecule has 1 saturated carbocycles. The maximum Gasteiger partial charge on any atom is 0.321 e. The molecule has 2 amide bonds. The smallest absolute Gasteiger partial charge is 0.321 e. The van der Waals surface area contributed by atoms with Crippen LogP contribution in [0.5, 0.6) is 5.75 Å². The highest BCUT2D eigenvalue weighted by Gasteiger charge is 2.24. The first-order valence-electron chi connectivity index (χ1n) is 8.67. The summed E-state index contributed by atoms with van der Waals surface area (Å²) in [5, 5.41) is 2.77. The Balaban J connectivity index is 1.56. The van der Waals surface area contributed by atoms with Crippen molar-refractivity contribution in [2.75, 3.05) is 32.1 Å². The highest BCUT2D eigenvalue weighted by Crippen LogP contribution is 2.28. The van der Waals surface area contributed by atoms with Gasteiger partial charge in [0.15, 0.2) is 11.6 Å². The Morgan fingerprint density at radius 1 is 1.33 bits per heavy atom. The van der Waals surface area contributed by atoms with Gasteiger partial charge in [-0.05, 0) is 44.2 Å². The predicted molar refractivity (Wildman–Crippen MR) is 89.9 cm³/mol. The normalized spacial score (nSPS) is 21.2. The maximum absolute atomic E-state index is 14.1. The molecule has 1 N–H and O–H groups in total. The number of hydrogen-bond donors (Lipinski definition) is 1. The molecule has 1 saturated heterocycles. The van der Waals surface area contributed by atoms with Gasteiger partial charge in [0.1, 0.15) is 0 Å². The van der Waals surface area contributed by atoms with Crippen LogP contribution < -0.4 is 10.1 Å². The van der Waals surface area contributed by atoms with Crippen molar-refractivity contribution >= 4 is 11.7 Å². The summed E-state index contributed by atoms with van der Waals surface area (Å²) in [5.41, 5.74) is 0.451. The van der Waals surface area contributed by atoms with Gasteiger partial charge in [-0.1, -0.05) is 0 Å². The van der Waals surface area contributed by atoms with E-state index in [0.29, 0.717) is 24.8 Å². The average Bonchev–Trinajstić information content (AvgIpc) is 2.53. The summed E-state index contributed by atoms with van der Waals surface area (Å²) in [6, 6.07) is 4.41. The third kappa shape index (κ3) is 4.17. The number of halogens is 1. The molecule has 24 heavy (non-hydrogen) atoms. The van der Waals surface area contributed by atoms with Gasteiger partial charge in [-0.3, -0.25) is 0 Å². The van der Waals surface area contributed by atoms with Gasteiger partial charge in [0.05, 0.1) is 12.7 Å². The minimum Gasteiger partial charge on any atom is -0.487 e. The summed E-state index contributed by atoms with van der Waals surface area (Å²) < 4.78 is 24.9. The van der Waals surface area contributed by atoms with Crippen LogP contribution in [0.4, 0.5) is 14.9 Å². The van der Waals surface area contributed by atoms with Crippen LogP contribution >= 0.6 is 0 Å². The minimum absolute atomic E-state index is 0.131. The topological polar surface area (TPSA) is 50.8 Å². The standard InChI is InChI=1S/C18H25FN2O3/c1-23-12-13-4-3-9-21(11-13)18(22)20-14-7-8-17(16(19)10-14)24-15-5-2-6-15/h7-8,10,13,15H,2-6,9,11-12H2,1H3,(H,20,22)/t13-/m0/s1. The first-order chi connectivity index (χ1) is 11.7. The molecule has 5 nitrogen and oxygen atoms in total. The van der Waals surface area contributed by atoms with E-state index in [0.717, 1.165) is 38.6 Å². The van der Waals surface area contributed by atoms with E-state index in [1.54, 1.807) is 24.1 Å². The van der Waals surface area contributed by atoms with Crippen LogP contribution in [0.2, 0.25) is 0 Å². The number of carbonyl (C=O) groups excluding carboxylic acids is 1. The van der Waals surface area contributed by atoms with Crippen LogP contribution in [0.25, 0.3) is 0 Å². The second-order valence-electron chi connectivity index (χ2n) is 6.66. The molecule has 1 aliphatic heterocycles. The van der Waals surface area contributed by atoms with Crippen molar-refractivity contribution in [1.82, 2.24) is 4.90 Å². The molecule has 2 fully saturated rings. The van der Waals surface area contributed by atoms with E-state index in [2.05, 4.69) is 5.32 Å². The fraction of sp³-hybridized carbons (Fsp3) is 0.611. The van der Waals surface area contributed by atoms with Gasteiger partial charge < -0.3 is 19.7 Å². The van der Waals surface area contributed by atoms with Gasteiger partial charge in [-0.2, -0.15) is 0 Å². The molecule has 2 aliphatic rings. The third-order valence-corrected chi connectivity index (χ3v) is 4.74. The molecule has 0 unspecified atom stereocenters. The number of nitrogens with zero attached hydrogens (tertiary/aromatic N) is 1. The lowest BCUT2D eigenvalue weighted by molar-refractivity contribution is 0.104. The number of ether oxygens (including phenoxy) is 2. The van der Waals surface area contributed by atoms with Crippen molar-refractivity contribution < 1.29 is 18.7 Å². The van der Waals surface area contributed by atoms with Crippen LogP contribution in [0.15, 0.2) is 18.2 Å². The van der Waals surface area contributed by atoms with E-state index < -0.39 is 5.82 Å². The van der Waals surface area contributed by atoms with Crippen LogP contribution in [0.1, 0.15) is 32.1 Å². The van der Waals surface area contributed by atoms with Gasteiger partial charge in [0.25, 0.3) is 0 Å². The summed E-state index contributed by atoms with van der Waals surface area (Å²) in [4.78, 5) is 14.1. The molecule has 1 aliphatic carbocycles. The largest absolute Gasteiger partial charge is 0.487 e.